The van der Waals surface area contributed by atoms with Crippen LogP contribution < -0.4 is 5.32 Å². The molecule has 9 nitrogen and oxygen atoms in total. The third-order valence-electron chi connectivity index (χ3n) is 3.34. The Morgan fingerprint density at radius 1 is 1.57 bits per heavy atom. The zero-order chi connectivity index (χ0) is 16.6. The van der Waals surface area contributed by atoms with Crippen molar-refractivity contribution in [2.45, 2.75) is 18.3 Å². The molecule has 2 aliphatic heterocycles. The molecule has 2 N–H and O–H groups in total. The van der Waals surface area contributed by atoms with E-state index >= 15 is 0 Å². The molecule has 2 atom stereocenters. The first-order chi connectivity index (χ1) is 11.0. The second-order valence-corrected chi connectivity index (χ2v) is 6.70. The summed E-state index contributed by atoms with van der Waals surface area (Å²) in [7, 11) is 0. The van der Waals surface area contributed by atoms with Gasteiger partial charge in [0.2, 0.25) is 5.13 Å². The lowest BCUT2D eigenvalue weighted by molar-refractivity contribution is -0.147. The summed E-state index contributed by atoms with van der Waals surface area (Å²) in [6, 6.07) is -0.544. The molecule has 0 saturated carbocycles. The number of rotatable bonds is 5. The van der Waals surface area contributed by atoms with Crippen LogP contribution in [-0.2, 0) is 19.1 Å². The number of nitrogens with zero attached hydrogens (tertiary/aromatic N) is 3. The number of aromatic nitrogens is 2. The van der Waals surface area contributed by atoms with E-state index in [1.807, 2.05) is 0 Å². The van der Waals surface area contributed by atoms with Crippen LogP contribution >= 0.6 is 23.3 Å². The van der Waals surface area contributed by atoms with E-state index in [1.165, 1.54) is 29.9 Å². The number of carboxylic acids is 1. The van der Waals surface area contributed by atoms with Crippen LogP contribution in [0.3, 0.4) is 0 Å². The second kappa shape index (κ2) is 6.16. The van der Waals surface area contributed by atoms with Crippen LogP contribution in [0.15, 0.2) is 17.6 Å². The van der Waals surface area contributed by atoms with Gasteiger partial charge in [0.25, 0.3) is 5.91 Å². The van der Waals surface area contributed by atoms with Crippen molar-refractivity contribution >= 4 is 46.3 Å². The molecule has 3 rings (SSSR count). The van der Waals surface area contributed by atoms with Crippen LogP contribution in [0.4, 0.5) is 5.13 Å². The monoisotopic (exact) mass is 356 g/mol. The number of carboxylic acid groups (broad SMARTS) is 1. The molecule has 0 spiro atoms. The summed E-state index contributed by atoms with van der Waals surface area (Å²) in [5.74, 6) is -1.69. The van der Waals surface area contributed by atoms with Crippen molar-refractivity contribution in [3.05, 3.63) is 17.6 Å². The number of ether oxygens (including phenoxy) is 1. The maximum absolute atomic E-state index is 12.3. The number of esters is 1. The van der Waals surface area contributed by atoms with Crippen molar-refractivity contribution in [3.8, 4) is 0 Å². The summed E-state index contributed by atoms with van der Waals surface area (Å²) in [6.45, 7) is 1.12. The molecule has 23 heavy (non-hydrogen) atoms. The maximum Gasteiger partial charge on any atom is 0.352 e. The van der Waals surface area contributed by atoms with Crippen molar-refractivity contribution in [1.29, 1.82) is 0 Å². The number of aliphatic carboxylic acids is 1. The summed E-state index contributed by atoms with van der Waals surface area (Å²) in [6.07, 6.45) is 1.38. The van der Waals surface area contributed by atoms with E-state index in [-0.39, 0.29) is 23.6 Å². The van der Waals surface area contributed by atoms with Gasteiger partial charge >= 0.3 is 11.9 Å². The molecular formula is C12H12N4O5S2. The Hall–Kier alpha value is -2.14. The number of thioether (sulfide) groups is 1. The Kier molecular flexibility index (Phi) is 4.22. The van der Waals surface area contributed by atoms with Crippen molar-refractivity contribution in [2.75, 3.05) is 17.7 Å². The van der Waals surface area contributed by atoms with Gasteiger partial charge in [0, 0.05) is 29.8 Å². The molecule has 2 aliphatic rings. The summed E-state index contributed by atoms with van der Waals surface area (Å²) in [4.78, 5) is 40.0. The van der Waals surface area contributed by atoms with E-state index in [0.717, 1.165) is 11.5 Å². The largest absolute Gasteiger partial charge is 0.477 e. The third kappa shape index (κ3) is 2.88. The van der Waals surface area contributed by atoms with Gasteiger partial charge in [0.05, 0.1) is 0 Å². The molecule has 1 saturated heterocycles. The SMILES string of the molecule is CC(=O)OCC1=C(C(=O)O)N2C(=O)[C@H](Nc3ncns3)[C@@H]2SC1. The summed E-state index contributed by atoms with van der Waals surface area (Å²) >= 11 is 2.54. The number of nitrogens with one attached hydrogen (secondary N) is 1. The number of β-lactam (4-membered cyclic amide) rings is 1. The molecule has 11 heteroatoms. The highest BCUT2D eigenvalue weighted by molar-refractivity contribution is 8.00. The van der Waals surface area contributed by atoms with E-state index in [9.17, 15) is 19.5 Å². The smallest absolute Gasteiger partial charge is 0.352 e. The fourth-order valence-corrected chi connectivity index (χ4v) is 4.15. The number of carbonyl (C=O) groups excluding carboxylic acids is 2. The fraction of sp³-hybridized carbons (Fsp3) is 0.417. The Labute approximate surface area is 138 Å². The zero-order valence-electron chi connectivity index (χ0n) is 11.9. The standard InChI is InChI=1S/C12H12N4O5S2/c1-5(17)21-2-6-3-22-10-7(15-12-13-4-14-23-12)9(18)16(10)8(6)11(19)20/h4,7,10H,2-3H2,1H3,(H,19,20)(H,13,14,15)/t7-,10-/m0/s1. The quantitative estimate of drug-likeness (QED) is 0.560. The Bertz CT molecular complexity index is 690. The van der Waals surface area contributed by atoms with Gasteiger partial charge < -0.3 is 15.2 Å². The molecular weight excluding hydrogens is 344 g/mol. The molecule has 1 aromatic heterocycles. The first-order valence-electron chi connectivity index (χ1n) is 6.55. The van der Waals surface area contributed by atoms with Gasteiger partial charge in [-0.1, -0.05) is 0 Å². The fourth-order valence-electron chi connectivity index (χ4n) is 2.35. The van der Waals surface area contributed by atoms with Crippen LogP contribution in [0.2, 0.25) is 0 Å². The van der Waals surface area contributed by atoms with E-state index in [1.54, 1.807) is 0 Å². The van der Waals surface area contributed by atoms with Crippen LogP contribution in [0.5, 0.6) is 0 Å². The predicted octanol–water partition coefficient (Wildman–Crippen LogP) is 0.136. The molecule has 3 heterocycles. The van der Waals surface area contributed by atoms with Crippen LogP contribution in [0.25, 0.3) is 0 Å². The molecule has 0 bridgehead atoms. The summed E-state index contributed by atoms with van der Waals surface area (Å²) < 4.78 is 8.72. The van der Waals surface area contributed by atoms with Crippen molar-refractivity contribution in [2.24, 2.45) is 0 Å². The highest BCUT2D eigenvalue weighted by Crippen LogP contribution is 2.41. The normalized spacial score (nSPS) is 23.2. The number of hydrogen-bond acceptors (Lipinski definition) is 9. The molecule has 0 aromatic carbocycles. The number of amides is 1. The average Bonchev–Trinajstić information content (AvgIpc) is 3.02. The molecule has 0 unspecified atom stereocenters. The first kappa shape index (κ1) is 15.7. The first-order valence-corrected chi connectivity index (χ1v) is 8.38. The van der Waals surface area contributed by atoms with Gasteiger partial charge in [0.1, 0.15) is 30.0 Å². The summed E-state index contributed by atoms with van der Waals surface area (Å²) in [5, 5.41) is 12.6. The van der Waals surface area contributed by atoms with Crippen LogP contribution in [0.1, 0.15) is 6.92 Å². The molecule has 0 radical (unpaired) electrons. The van der Waals surface area contributed by atoms with Gasteiger partial charge in [0.15, 0.2) is 0 Å². The maximum atomic E-state index is 12.3. The van der Waals surface area contributed by atoms with Gasteiger partial charge in [-0.25, -0.2) is 9.78 Å². The van der Waals surface area contributed by atoms with Crippen LogP contribution in [-0.4, -0.2) is 61.0 Å². The topological polar surface area (TPSA) is 122 Å². The third-order valence-corrected chi connectivity index (χ3v) is 5.28. The number of carbonyl (C=O) groups is 3. The van der Waals surface area contributed by atoms with E-state index in [4.69, 9.17) is 4.74 Å². The number of hydrogen-bond donors (Lipinski definition) is 2. The van der Waals surface area contributed by atoms with Gasteiger partial charge in [-0.15, -0.1) is 11.8 Å². The van der Waals surface area contributed by atoms with Gasteiger partial charge in [-0.2, -0.15) is 4.37 Å². The van der Waals surface area contributed by atoms with Gasteiger partial charge in [-0.05, 0) is 0 Å². The molecule has 122 valence electrons. The molecule has 1 fully saturated rings. The van der Waals surface area contributed by atoms with Crippen molar-refractivity contribution < 1.29 is 24.2 Å². The lowest BCUT2D eigenvalue weighted by Crippen LogP contribution is -2.67. The minimum atomic E-state index is -1.21. The Morgan fingerprint density at radius 3 is 2.96 bits per heavy atom. The van der Waals surface area contributed by atoms with E-state index in [2.05, 4.69) is 14.7 Å². The Morgan fingerprint density at radius 2 is 2.35 bits per heavy atom. The minimum absolute atomic E-state index is 0.102. The van der Waals surface area contributed by atoms with Crippen LogP contribution in [0, 0.1) is 0 Å². The number of fused-ring (bicyclic) bond motifs is 1. The minimum Gasteiger partial charge on any atom is -0.477 e. The average molecular weight is 356 g/mol. The second-order valence-electron chi connectivity index (χ2n) is 4.82. The molecule has 1 aromatic rings. The lowest BCUT2D eigenvalue weighted by Gasteiger charge is -2.49. The summed E-state index contributed by atoms with van der Waals surface area (Å²) in [5.41, 5.74) is 0.312. The molecule has 0 aliphatic carbocycles. The lowest BCUT2D eigenvalue weighted by atomic mass is 10.0. The van der Waals surface area contributed by atoms with Crippen molar-refractivity contribution in [3.63, 3.8) is 0 Å². The number of anilines is 1. The predicted molar refractivity (Wildman–Crippen MR) is 81.7 cm³/mol. The van der Waals surface area contributed by atoms with Gasteiger partial charge in [-0.3, -0.25) is 14.5 Å². The highest BCUT2D eigenvalue weighted by Gasteiger charge is 2.54. The zero-order valence-corrected chi connectivity index (χ0v) is 13.5. The van der Waals surface area contributed by atoms with Crippen molar-refractivity contribution in [1.82, 2.24) is 14.3 Å². The molecule has 1 amide bonds. The van der Waals surface area contributed by atoms with E-state index < -0.39 is 18.0 Å². The Balaban J connectivity index is 1.79. The highest BCUT2D eigenvalue weighted by atomic mass is 32.2. The van der Waals surface area contributed by atoms with E-state index in [0.29, 0.717) is 16.5 Å².